The van der Waals surface area contributed by atoms with Crippen LogP contribution in [0.1, 0.15) is 13.8 Å². The second kappa shape index (κ2) is 7.85. The lowest BCUT2D eigenvalue weighted by atomic mass is 10.1. The van der Waals surface area contributed by atoms with Crippen LogP contribution in [0.4, 0.5) is 0 Å². The first-order chi connectivity index (χ1) is 10.6. The van der Waals surface area contributed by atoms with Crippen LogP contribution in [0.3, 0.4) is 0 Å². The van der Waals surface area contributed by atoms with Crippen LogP contribution in [-0.2, 0) is 4.79 Å². The van der Waals surface area contributed by atoms with E-state index in [9.17, 15) is 4.79 Å². The molecule has 0 bridgehead atoms. The molecule has 2 rings (SSSR count). The molecule has 2 aromatic rings. The van der Waals surface area contributed by atoms with E-state index in [1.54, 1.807) is 6.07 Å². The second-order valence-electron chi connectivity index (χ2n) is 5.50. The Morgan fingerprint density at radius 3 is 2.50 bits per heavy atom. The van der Waals surface area contributed by atoms with E-state index in [-0.39, 0.29) is 12.5 Å². The lowest BCUT2D eigenvalue weighted by Crippen LogP contribution is -2.31. The summed E-state index contributed by atoms with van der Waals surface area (Å²) in [7, 11) is 0. The maximum absolute atomic E-state index is 11.6. The van der Waals surface area contributed by atoms with Crippen molar-refractivity contribution >= 4 is 17.5 Å². The second-order valence-corrected chi connectivity index (χ2v) is 5.91. The summed E-state index contributed by atoms with van der Waals surface area (Å²) in [6.45, 7) is 4.70. The van der Waals surface area contributed by atoms with Crippen LogP contribution in [0.25, 0.3) is 11.1 Å². The Bertz CT molecular complexity index is 626. The molecule has 0 atom stereocenters. The fraction of sp³-hybridized carbons (Fsp3) is 0.278. The standard InChI is InChI=1S/C18H20ClNO2/c1-13(2)11-20-18(21)12-22-17-9-8-15(10-16(17)19)14-6-4-3-5-7-14/h3-10,13H,11-12H2,1-2H3,(H,20,21). The van der Waals surface area contributed by atoms with E-state index < -0.39 is 0 Å². The molecule has 0 radical (unpaired) electrons. The Labute approximate surface area is 136 Å². The van der Waals surface area contributed by atoms with Crippen LogP contribution < -0.4 is 10.1 Å². The number of nitrogens with one attached hydrogen (secondary N) is 1. The van der Waals surface area contributed by atoms with Gasteiger partial charge in [-0.1, -0.05) is 61.8 Å². The first-order valence-electron chi connectivity index (χ1n) is 7.30. The predicted octanol–water partition coefficient (Wildman–Crippen LogP) is 4.16. The van der Waals surface area contributed by atoms with Crippen LogP contribution >= 0.6 is 11.6 Å². The first-order valence-corrected chi connectivity index (χ1v) is 7.68. The van der Waals surface area contributed by atoms with Gasteiger partial charge in [0.2, 0.25) is 0 Å². The summed E-state index contributed by atoms with van der Waals surface area (Å²) < 4.78 is 5.48. The number of halogens is 1. The summed E-state index contributed by atoms with van der Waals surface area (Å²) in [5.41, 5.74) is 2.10. The lowest BCUT2D eigenvalue weighted by molar-refractivity contribution is -0.123. The highest BCUT2D eigenvalue weighted by Crippen LogP contribution is 2.30. The highest BCUT2D eigenvalue weighted by atomic mass is 35.5. The van der Waals surface area contributed by atoms with Gasteiger partial charge in [0.25, 0.3) is 5.91 Å². The molecular formula is C18H20ClNO2. The Morgan fingerprint density at radius 2 is 1.86 bits per heavy atom. The van der Waals surface area contributed by atoms with E-state index in [2.05, 4.69) is 5.32 Å². The summed E-state index contributed by atoms with van der Waals surface area (Å²) >= 11 is 6.23. The molecule has 0 saturated carbocycles. The molecule has 0 aliphatic rings. The number of hydrogen-bond donors (Lipinski definition) is 1. The fourth-order valence-corrected chi connectivity index (χ4v) is 2.18. The lowest BCUT2D eigenvalue weighted by Gasteiger charge is -2.11. The molecule has 0 fully saturated rings. The van der Waals surface area contributed by atoms with E-state index in [1.165, 1.54) is 0 Å². The van der Waals surface area contributed by atoms with Gasteiger partial charge in [-0.05, 0) is 29.2 Å². The van der Waals surface area contributed by atoms with Gasteiger partial charge in [0.05, 0.1) is 5.02 Å². The van der Waals surface area contributed by atoms with Gasteiger partial charge >= 0.3 is 0 Å². The molecule has 0 heterocycles. The van der Waals surface area contributed by atoms with Gasteiger partial charge in [0.1, 0.15) is 5.75 Å². The monoisotopic (exact) mass is 317 g/mol. The molecule has 0 aliphatic carbocycles. The number of ether oxygens (including phenoxy) is 1. The zero-order chi connectivity index (χ0) is 15.9. The van der Waals surface area contributed by atoms with Crippen molar-refractivity contribution in [2.45, 2.75) is 13.8 Å². The summed E-state index contributed by atoms with van der Waals surface area (Å²) in [6, 6.07) is 15.5. The van der Waals surface area contributed by atoms with Crippen LogP contribution in [-0.4, -0.2) is 19.1 Å². The van der Waals surface area contributed by atoms with E-state index in [1.807, 2.05) is 56.3 Å². The Hall–Kier alpha value is -2.00. The SMILES string of the molecule is CC(C)CNC(=O)COc1ccc(-c2ccccc2)cc1Cl. The third-order valence-electron chi connectivity index (χ3n) is 3.11. The van der Waals surface area contributed by atoms with Crippen molar-refractivity contribution in [1.29, 1.82) is 0 Å². The normalized spacial score (nSPS) is 10.5. The molecule has 0 unspecified atom stereocenters. The molecule has 3 nitrogen and oxygen atoms in total. The van der Waals surface area contributed by atoms with Crippen LogP contribution in [0.5, 0.6) is 5.75 Å². The van der Waals surface area contributed by atoms with Gasteiger partial charge in [-0.25, -0.2) is 0 Å². The van der Waals surface area contributed by atoms with E-state index in [0.29, 0.717) is 23.2 Å². The molecule has 1 amide bonds. The van der Waals surface area contributed by atoms with E-state index in [0.717, 1.165) is 11.1 Å². The number of hydrogen-bond acceptors (Lipinski definition) is 2. The number of amides is 1. The average Bonchev–Trinajstić information content (AvgIpc) is 2.52. The molecule has 116 valence electrons. The van der Waals surface area contributed by atoms with Gasteiger partial charge in [-0.3, -0.25) is 4.79 Å². The minimum atomic E-state index is -0.142. The highest BCUT2D eigenvalue weighted by Gasteiger charge is 2.08. The maximum Gasteiger partial charge on any atom is 0.257 e. The van der Waals surface area contributed by atoms with Crippen molar-refractivity contribution in [3.63, 3.8) is 0 Å². The molecule has 22 heavy (non-hydrogen) atoms. The summed E-state index contributed by atoms with van der Waals surface area (Å²) in [6.07, 6.45) is 0. The predicted molar refractivity (Wildman–Crippen MR) is 90.2 cm³/mol. The molecule has 1 N–H and O–H groups in total. The third kappa shape index (κ3) is 4.78. The number of benzene rings is 2. The first kappa shape index (κ1) is 16.4. The van der Waals surface area contributed by atoms with Crippen molar-refractivity contribution in [2.24, 2.45) is 5.92 Å². The third-order valence-corrected chi connectivity index (χ3v) is 3.40. The fourth-order valence-electron chi connectivity index (χ4n) is 1.94. The Morgan fingerprint density at radius 1 is 1.14 bits per heavy atom. The molecule has 0 aromatic heterocycles. The van der Waals surface area contributed by atoms with Crippen molar-refractivity contribution in [3.8, 4) is 16.9 Å². The number of carbonyl (C=O) groups excluding carboxylic acids is 1. The quantitative estimate of drug-likeness (QED) is 0.869. The molecule has 2 aromatic carbocycles. The van der Waals surface area contributed by atoms with Crippen LogP contribution in [0.15, 0.2) is 48.5 Å². The maximum atomic E-state index is 11.6. The Kier molecular flexibility index (Phi) is 5.84. The highest BCUT2D eigenvalue weighted by molar-refractivity contribution is 6.32. The number of carbonyl (C=O) groups is 1. The molecule has 0 spiro atoms. The van der Waals surface area contributed by atoms with Crippen LogP contribution in [0.2, 0.25) is 5.02 Å². The van der Waals surface area contributed by atoms with Crippen molar-refractivity contribution in [3.05, 3.63) is 53.6 Å². The topological polar surface area (TPSA) is 38.3 Å². The molecule has 0 aliphatic heterocycles. The summed E-state index contributed by atoms with van der Waals surface area (Å²) in [5.74, 6) is 0.788. The zero-order valence-electron chi connectivity index (χ0n) is 12.8. The molecule has 0 saturated heterocycles. The summed E-state index contributed by atoms with van der Waals surface area (Å²) in [5, 5.41) is 3.30. The average molecular weight is 318 g/mol. The van der Waals surface area contributed by atoms with Crippen molar-refractivity contribution in [2.75, 3.05) is 13.2 Å². The van der Waals surface area contributed by atoms with Gasteiger partial charge < -0.3 is 10.1 Å². The van der Waals surface area contributed by atoms with E-state index in [4.69, 9.17) is 16.3 Å². The van der Waals surface area contributed by atoms with Crippen LogP contribution in [0, 0.1) is 5.92 Å². The van der Waals surface area contributed by atoms with Gasteiger partial charge in [0, 0.05) is 6.54 Å². The largest absolute Gasteiger partial charge is 0.482 e. The minimum Gasteiger partial charge on any atom is -0.482 e. The molecular weight excluding hydrogens is 298 g/mol. The smallest absolute Gasteiger partial charge is 0.257 e. The van der Waals surface area contributed by atoms with Crippen molar-refractivity contribution in [1.82, 2.24) is 5.32 Å². The van der Waals surface area contributed by atoms with Gasteiger partial charge in [0.15, 0.2) is 6.61 Å². The number of rotatable bonds is 6. The minimum absolute atomic E-state index is 0.0306. The molecule has 4 heteroatoms. The van der Waals surface area contributed by atoms with E-state index >= 15 is 0 Å². The van der Waals surface area contributed by atoms with Gasteiger partial charge in [-0.15, -0.1) is 0 Å². The summed E-state index contributed by atoms with van der Waals surface area (Å²) in [4.78, 5) is 11.6. The Balaban J connectivity index is 1.97. The van der Waals surface area contributed by atoms with Crippen molar-refractivity contribution < 1.29 is 9.53 Å². The zero-order valence-corrected chi connectivity index (χ0v) is 13.6. The van der Waals surface area contributed by atoms with Gasteiger partial charge in [-0.2, -0.15) is 0 Å².